The first-order valence-electron chi connectivity index (χ1n) is 16.3. The quantitative estimate of drug-likeness (QED) is 0.183. The summed E-state index contributed by atoms with van der Waals surface area (Å²) >= 11 is 0. The zero-order valence-corrected chi connectivity index (χ0v) is 25.7. The molecule has 11 rings (SSSR count). The topological polar surface area (TPSA) is 47.3 Å². The molecule has 1 unspecified atom stereocenters. The second kappa shape index (κ2) is 9.34. The van der Waals surface area contributed by atoms with Gasteiger partial charge in [0.15, 0.2) is 0 Å². The second-order valence-electron chi connectivity index (χ2n) is 12.8. The molecule has 0 radical (unpaired) electrons. The Morgan fingerprint density at radius 1 is 0.500 bits per heavy atom. The molecule has 0 spiro atoms. The molecule has 0 N–H and O–H groups in total. The molecule has 7 aromatic carbocycles. The van der Waals surface area contributed by atoms with Gasteiger partial charge in [-0.1, -0.05) is 127 Å². The summed E-state index contributed by atoms with van der Waals surface area (Å²) in [4.78, 5) is 24.6. The van der Waals surface area contributed by atoms with Gasteiger partial charge in [0.2, 0.25) is 0 Å². The van der Waals surface area contributed by atoms with Crippen molar-refractivity contribution in [3.8, 4) is 22.4 Å². The lowest BCUT2D eigenvalue weighted by atomic mass is 9.92. The van der Waals surface area contributed by atoms with Crippen LogP contribution in [0.2, 0.25) is 0 Å². The molecular formula is C44H25N3O. The Morgan fingerprint density at radius 2 is 1.21 bits per heavy atom. The normalized spacial score (nSPS) is 14.1. The molecule has 0 saturated carbocycles. The fourth-order valence-electron chi connectivity index (χ4n) is 8.44. The summed E-state index contributed by atoms with van der Waals surface area (Å²) in [7, 11) is 0. The molecule has 222 valence electrons. The Bertz CT molecular complexity index is 3030. The summed E-state index contributed by atoms with van der Waals surface area (Å²) in [5.41, 5.74) is 9.76. The molecule has 3 heterocycles. The van der Waals surface area contributed by atoms with Crippen molar-refractivity contribution in [2.75, 3.05) is 0 Å². The Balaban J connectivity index is 1.23. The van der Waals surface area contributed by atoms with Crippen molar-refractivity contribution in [1.29, 1.82) is 0 Å². The molecule has 4 nitrogen and oxygen atoms in total. The Hall–Kier alpha value is -6.39. The minimum Gasteiger partial charge on any atom is -0.275 e. The number of hydrogen-bond acceptors (Lipinski definition) is 3. The molecule has 10 aromatic rings. The van der Waals surface area contributed by atoms with Crippen molar-refractivity contribution in [2.24, 2.45) is 0 Å². The first-order valence-corrected chi connectivity index (χ1v) is 16.3. The minimum absolute atomic E-state index is 0.0258. The zero-order chi connectivity index (χ0) is 31.5. The van der Waals surface area contributed by atoms with Gasteiger partial charge in [-0.05, 0) is 56.6 Å². The summed E-state index contributed by atoms with van der Waals surface area (Å²) < 4.78 is 1.93. The van der Waals surface area contributed by atoms with Gasteiger partial charge in [0.1, 0.15) is 5.82 Å². The molecular weight excluding hydrogens is 587 g/mol. The van der Waals surface area contributed by atoms with E-state index in [-0.39, 0.29) is 11.5 Å². The number of rotatable bonds is 2. The highest BCUT2D eigenvalue weighted by molar-refractivity contribution is 6.27. The van der Waals surface area contributed by atoms with E-state index < -0.39 is 0 Å². The van der Waals surface area contributed by atoms with Crippen LogP contribution in [0.3, 0.4) is 0 Å². The van der Waals surface area contributed by atoms with Crippen LogP contribution in [0, 0.1) is 0 Å². The van der Waals surface area contributed by atoms with Gasteiger partial charge in [0.25, 0.3) is 5.56 Å². The van der Waals surface area contributed by atoms with Gasteiger partial charge in [0, 0.05) is 32.5 Å². The zero-order valence-electron chi connectivity index (χ0n) is 25.7. The average molecular weight is 612 g/mol. The van der Waals surface area contributed by atoms with Crippen LogP contribution in [-0.2, 0) is 0 Å². The van der Waals surface area contributed by atoms with Crippen molar-refractivity contribution in [3.63, 3.8) is 0 Å². The Kier molecular flexibility index (Phi) is 5.01. The van der Waals surface area contributed by atoms with E-state index in [1.54, 1.807) is 0 Å². The highest BCUT2D eigenvalue weighted by Gasteiger charge is 2.34. The van der Waals surface area contributed by atoms with Gasteiger partial charge in [-0.15, -0.1) is 0 Å². The first-order chi connectivity index (χ1) is 23.8. The molecule has 0 fully saturated rings. The number of hydrogen-bond donors (Lipinski definition) is 0. The Labute approximate surface area is 274 Å². The maximum Gasteiger partial charge on any atom is 0.263 e. The van der Waals surface area contributed by atoms with E-state index in [0.717, 1.165) is 71.3 Å². The minimum atomic E-state index is -0.116. The molecule has 1 atom stereocenters. The molecule has 1 aliphatic carbocycles. The van der Waals surface area contributed by atoms with Crippen molar-refractivity contribution in [1.82, 2.24) is 14.4 Å². The van der Waals surface area contributed by atoms with Gasteiger partial charge in [-0.3, -0.25) is 9.20 Å². The third-order valence-corrected chi connectivity index (χ3v) is 10.4. The molecule has 0 bridgehead atoms. The highest BCUT2D eigenvalue weighted by Crippen LogP contribution is 2.51. The number of pyridine rings is 1. The first kappa shape index (κ1) is 25.8. The third kappa shape index (κ3) is 3.26. The van der Waals surface area contributed by atoms with Crippen LogP contribution in [0.15, 0.2) is 150 Å². The van der Waals surface area contributed by atoms with Gasteiger partial charge >= 0.3 is 0 Å². The van der Waals surface area contributed by atoms with Crippen molar-refractivity contribution in [3.05, 3.63) is 173 Å². The largest absolute Gasteiger partial charge is 0.275 e. The molecule has 0 amide bonds. The molecule has 0 aliphatic heterocycles. The molecule has 48 heavy (non-hydrogen) atoms. The number of aromatic nitrogens is 3. The Morgan fingerprint density at radius 3 is 2.10 bits per heavy atom. The summed E-state index contributed by atoms with van der Waals surface area (Å²) in [6.07, 6.45) is 0. The summed E-state index contributed by atoms with van der Waals surface area (Å²) in [6.45, 7) is 0. The summed E-state index contributed by atoms with van der Waals surface area (Å²) in [5, 5.41) is 8.41. The monoisotopic (exact) mass is 611 g/mol. The molecule has 0 saturated heterocycles. The van der Waals surface area contributed by atoms with E-state index in [4.69, 9.17) is 9.97 Å². The van der Waals surface area contributed by atoms with Crippen molar-refractivity contribution >= 4 is 59.6 Å². The predicted molar refractivity (Wildman–Crippen MR) is 196 cm³/mol. The SMILES string of the molecule is O=c1c2ccccc2c2cccc3c4c5ccc6c(c5ccc4n1c23)-c1ccccc1C6c1nc(-c2ccccc2)c2ccccc2n1. The van der Waals surface area contributed by atoms with E-state index in [9.17, 15) is 4.79 Å². The van der Waals surface area contributed by atoms with Crippen LogP contribution in [0.1, 0.15) is 22.9 Å². The predicted octanol–water partition coefficient (Wildman–Crippen LogP) is 10.1. The fraction of sp³-hybridized carbons (Fsp3) is 0.0227. The van der Waals surface area contributed by atoms with Crippen molar-refractivity contribution in [2.45, 2.75) is 5.92 Å². The van der Waals surface area contributed by atoms with Crippen LogP contribution >= 0.6 is 0 Å². The number of fused-ring (bicyclic) bond motifs is 12. The maximum atomic E-state index is 14.0. The second-order valence-corrected chi connectivity index (χ2v) is 12.8. The maximum absolute atomic E-state index is 14.0. The standard InChI is InChI=1S/C44H25N3O/c48-44-32-16-7-4-13-26(32)31-18-10-19-35-39-30-21-22-34-38(29(30)23-24-37(39)47(44)42(31)35)27-14-5-6-15-28(27)40(34)43-45-36-20-9-8-17-33(36)41(46-43)25-11-2-1-3-12-25/h1-24,40H. The van der Waals surface area contributed by atoms with E-state index in [2.05, 4.69) is 115 Å². The number of para-hydroxylation sites is 2. The van der Waals surface area contributed by atoms with E-state index in [0.29, 0.717) is 0 Å². The third-order valence-electron chi connectivity index (χ3n) is 10.4. The fourth-order valence-corrected chi connectivity index (χ4v) is 8.44. The van der Waals surface area contributed by atoms with Crippen molar-refractivity contribution < 1.29 is 0 Å². The lowest BCUT2D eigenvalue weighted by Gasteiger charge is -2.16. The van der Waals surface area contributed by atoms with Gasteiger partial charge in [0.05, 0.1) is 28.2 Å². The number of nitrogens with zero attached hydrogens (tertiary/aromatic N) is 3. The van der Waals surface area contributed by atoms with Crippen LogP contribution < -0.4 is 5.56 Å². The van der Waals surface area contributed by atoms with E-state index in [1.807, 2.05) is 34.7 Å². The molecule has 3 aromatic heterocycles. The highest BCUT2D eigenvalue weighted by atomic mass is 16.1. The number of benzene rings is 7. The lowest BCUT2D eigenvalue weighted by molar-refractivity contribution is 0.891. The molecule has 1 aliphatic rings. The van der Waals surface area contributed by atoms with Gasteiger partial charge in [-0.25, -0.2) is 9.97 Å². The summed E-state index contributed by atoms with van der Waals surface area (Å²) in [6, 6.07) is 50.6. The van der Waals surface area contributed by atoms with Gasteiger partial charge in [-0.2, -0.15) is 0 Å². The van der Waals surface area contributed by atoms with Gasteiger partial charge < -0.3 is 0 Å². The van der Waals surface area contributed by atoms with Crippen LogP contribution in [0.5, 0.6) is 0 Å². The van der Waals surface area contributed by atoms with E-state index >= 15 is 0 Å². The lowest BCUT2D eigenvalue weighted by Crippen LogP contribution is -2.12. The molecule has 4 heteroatoms. The van der Waals surface area contributed by atoms with Crippen LogP contribution in [-0.4, -0.2) is 14.4 Å². The van der Waals surface area contributed by atoms with Crippen LogP contribution in [0.4, 0.5) is 0 Å². The summed E-state index contributed by atoms with van der Waals surface area (Å²) in [5.74, 6) is 0.684. The van der Waals surface area contributed by atoms with Crippen LogP contribution in [0.25, 0.3) is 82.0 Å². The van der Waals surface area contributed by atoms with E-state index in [1.165, 1.54) is 27.6 Å². The smallest absolute Gasteiger partial charge is 0.263 e. The average Bonchev–Trinajstić information content (AvgIpc) is 3.68.